The van der Waals surface area contributed by atoms with Crippen molar-refractivity contribution in [2.45, 2.75) is 19.4 Å². The number of carbonyl (C=O) groups is 1. The molecule has 1 aliphatic rings. The molecule has 2 heterocycles. The Morgan fingerprint density at radius 1 is 1.32 bits per heavy atom. The van der Waals surface area contributed by atoms with E-state index in [0.717, 1.165) is 12.1 Å². The van der Waals surface area contributed by atoms with Crippen LogP contribution in [0.4, 0.5) is 16.5 Å². The lowest BCUT2D eigenvalue weighted by Gasteiger charge is -2.23. The number of nitrogens with zero attached hydrogens (tertiary/aromatic N) is 3. The number of fused-ring (bicyclic) bond motifs is 1. The zero-order chi connectivity index (χ0) is 19.7. The fraction of sp³-hybridized carbons (Fsp3) is 0.200. The number of hydrogen-bond acceptors (Lipinski definition) is 6. The highest BCUT2D eigenvalue weighted by molar-refractivity contribution is 7.14. The van der Waals surface area contributed by atoms with Crippen molar-refractivity contribution in [2.75, 3.05) is 16.8 Å². The van der Waals surface area contributed by atoms with Gasteiger partial charge in [-0.15, -0.1) is 11.3 Å². The Kier molecular flexibility index (Phi) is 4.79. The Bertz CT molecular complexity index is 1050. The van der Waals surface area contributed by atoms with Gasteiger partial charge in [0.1, 0.15) is 0 Å². The lowest BCUT2D eigenvalue weighted by atomic mass is 10.1. The van der Waals surface area contributed by atoms with E-state index in [-0.39, 0.29) is 24.2 Å². The fourth-order valence-corrected chi connectivity index (χ4v) is 4.16. The third-order valence-electron chi connectivity index (χ3n) is 4.77. The van der Waals surface area contributed by atoms with Crippen LogP contribution in [-0.2, 0) is 11.2 Å². The molecule has 1 aliphatic heterocycles. The van der Waals surface area contributed by atoms with E-state index in [1.165, 1.54) is 29.0 Å². The predicted molar refractivity (Wildman–Crippen MR) is 110 cm³/mol. The molecule has 3 aromatic rings. The zero-order valence-electron chi connectivity index (χ0n) is 15.2. The molecule has 8 heteroatoms. The maximum Gasteiger partial charge on any atom is 0.270 e. The van der Waals surface area contributed by atoms with Gasteiger partial charge in [0.05, 0.1) is 17.2 Å². The number of carbonyl (C=O) groups excluding carboxylic acids is 1. The number of aromatic nitrogens is 1. The van der Waals surface area contributed by atoms with Crippen molar-refractivity contribution in [3.63, 3.8) is 0 Å². The van der Waals surface area contributed by atoms with Crippen molar-refractivity contribution in [3.8, 4) is 11.3 Å². The van der Waals surface area contributed by atoms with Crippen LogP contribution < -0.4 is 10.2 Å². The summed E-state index contributed by atoms with van der Waals surface area (Å²) in [7, 11) is 0. The van der Waals surface area contributed by atoms with Crippen LogP contribution in [0.3, 0.4) is 0 Å². The second kappa shape index (κ2) is 7.40. The van der Waals surface area contributed by atoms with E-state index in [4.69, 9.17) is 0 Å². The van der Waals surface area contributed by atoms with Crippen molar-refractivity contribution >= 4 is 33.8 Å². The Labute approximate surface area is 165 Å². The molecule has 28 heavy (non-hydrogen) atoms. The fourth-order valence-electron chi connectivity index (χ4n) is 3.43. The van der Waals surface area contributed by atoms with Crippen LogP contribution in [0.5, 0.6) is 0 Å². The van der Waals surface area contributed by atoms with Gasteiger partial charge < -0.3 is 10.2 Å². The minimum atomic E-state index is -0.437. The van der Waals surface area contributed by atoms with Crippen molar-refractivity contribution in [1.29, 1.82) is 0 Å². The summed E-state index contributed by atoms with van der Waals surface area (Å²) in [5.41, 5.74) is 3.61. The maximum absolute atomic E-state index is 12.5. The first-order valence-corrected chi connectivity index (χ1v) is 9.74. The van der Waals surface area contributed by atoms with Crippen LogP contribution in [0.15, 0.2) is 53.9 Å². The number of non-ortho nitro benzene ring substituents is 1. The molecule has 142 valence electrons. The SMILES string of the molecule is CC1Cc2ccccc2N1CC(=O)Nc1nc(-c2cccc([N+](=O)[O-])c2)cs1. The van der Waals surface area contributed by atoms with Gasteiger partial charge in [-0.2, -0.15) is 0 Å². The smallest absolute Gasteiger partial charge is 0.270 e. The second-order valence-corrected chi connectivity index (χ2v) is 7.56. The van der Waals surface area contributed by atoms with E-state index in [9.17, 15) is 14.9 Å². The monoisotopic (exact) mass is 394 g/mol. The number of thiazole rings is 1. The average Bonchev–Trinajstić information content (AvgIpc) is 3.27. The minimum Gasteiger partial charge on any atom is -0.359 e. The van der Waals surface area contributed by atoms with Gasteiger partial charge in [0.2, 0.25) is 5.91 Å². The summed E-state index contributed by atoms with van der Waals surface area (Å²) in [6.45, 7) is 2.36. The Morgan fingerprint density at radius 2 is 2.14 bits per heavy atom. The summed E-state index contributed by atoms with van der Waals surface area (Å²) < 4.78 is 0. The van der Waals surface area contributed by atoms with Crippen LogP contribution in [0, 0.1) is 10.1 Å². The quantitative estimate of drug-likeness (QED) is 0.520. The lowest BCUT2D eigenvalue weighted by molar-refractivity contribution is -0.384. The van der Waals surface area contributed by atoms with Crippen LogP contribution in [0.25, 0.3) is 11.3 Å². The molecule has 1 aromatic heterocycles. The van der Waals surface area contributed by atoms with Gasteiger partial charge in [-0.25, -0.2) is 4.98 Å². The summed E-state index contributed by atoms with van der Waals surface area (Å²) in [4.78, 5) is 29.5. The number of nitro groups is 1. The number of anilines is 2. The van der Waals surface area contributed by atoms with E-state index in [1.54, 1.807) is 17.5 Å². The summed E-state index contributed by atoms with van der Waals surface area (Å²) >= 11 is 1.30. The third-order valence-corrected chi connectivity index (χ3v) is 5.52. The van der Waals surface area contributed by atoms with Gasteiger partial charge in [0.15, 0.2) is 5.13 Å². The molecule has 1 atom stereocenters. The predicted octanol–water partition coefficient (Wildman–Crippen LogP) is 4.11. The normalized spacial score (nSPS) is 15.3. The molecule has 0 radical (unpaired) electrons. The van der Waals surface area contributed by atoms with Crippen molar-refractivity contribution in [2.24, 2.45) is 0 Å². The molecular weight excluding hydrogens is 376 g/mol. The highest BCUT2D eigenvalue weighted by Crippen LogP contribution is 2.32. The summed E-state index contributed by atoms with van der Waals surface area (Å²) in [6, 6.07) is 14.7. The Hall–Kier alpha value is -3.26. The molecule has 0 saturated heterocycles. The van der Waals surface area contributed by atoms with Crippen LogP contribution in [0.1, 0.15) is 12.5 Å². The molecule has 7 nitrogen and oxygen atoms in total. The van der Waals surface area contributed by atoms with Gasteiger partial charge in [0, 0.05) is 34.8 Å². The maximum atomic E-state index is 12.5. The third kappa shape index (κ3) is 3.59. The van der Waals surface area contributed by atoms with E-state index < -0.39 is 4.92 Å². The first-order valence-electron chi connectivity index (χ1n) is 8.86. The zero-order valence-corrected chi connectivity index (χ0v) is 16.0. The molecule has 0 spiro atoms. The van der Waals surface area contributed by atoms with E-state index in [2.05, 4.69) is 28.2 Å². The second-order valence-electron chi connectivity index (χ2n) is 6.70. The number of nitrogens with one attached hydrogen (secondary N) is 1. The molecule has 4 rings (SSSR count). The summed E-state index contributed by atoms with van der Waals surface area (Å²) in [5.74, 6) is -0.136. The van der Waals surface area contributed by atoms with E-state index >= 15 is 0 Å². The van der Waals surface area contributed by atoms with Crippen LogP contribution in [0.2, 0.25) is 0 Å². The van der Waals surface area contributed by atoms with Gasteiger partial charge >= 0.3 is 0 Å². The first-order chi connectivity index (χ1) is 13.5. The first kappa shape index (κ1) is 18.1. The number of rotatable bonds is 5. The van der Waals surface area contributed by atoms with E-state index in [1.807, 2.05) is 18.2 Å². The molecule has 1 N–H and O–H groups in total. The largest absolute Gasteiger partial charge is 0.359 e. The van der Waals surface area contributed by atoms with Gasteiger partial charge in [-0.1, -0.05) is 30.3 Å². The number of nitro benzene ring substituents is 1. The highest BCUT2D eigenvalue weighted by atomic mass is 32.1. The van der Waals surface area contributed by atoms with Crippen molar-refractivity contribution in [1.82, 2.24) is 4.98 Å². The molecule has 0 saturated carbocycles. The van der Waals surface area contributed by atoms with Gasteiger partial charge in [-0.3, -0.25) is 14.9 Å². The van der Waals surface area contributed by atoms with Crippen molar-refractivity contribution < 1.29 is 9.72 Å². The molecule has 2 aromatic carbocycles. The lowest BCUT2D eigenvalue weighted by Crippen LogP contribution is -2.37. The van der Waals surface area contributed by atoms with Crippen LogP contribution in [-0.4, -0.2) is 28.4 Å². The molecular formula is C20H18N4O3S. The Balaban J connectivity index is 1.45. The highest BCUT2D eigenvalue weighted by Gasteiger charge is 2.27. The van der Waals surface area contributed by atoms with Gasteiger partial charge in [-0.05, 0) is 25.0 Å². The molecule has 1 amide bonds. The summed E-state index contributed by atoms with van der Waals surface area (Å²) in [6.07, 6.45) is 0.928. The van der Waals surface area contributed by atoms with Crippen LogP contribution >= 0.6 is 11.3 Å². The molecule has 0 aliphatic carbocycles. The molecule has 0 fully saturated rings. The minimum absolute atomic E-state index is 0.0118. The standard InChI is InChI=1S/C20H18N4O3S/c1-13-9-15-5-2-3-8-18(15)23(13)11-19(25)22-20-21-17(12-28-20)14-6-4-7-16(10-14)24(26)27/h2-8,10,12-13H,9,11H2,1H3,(H,21,22,25). The number of benzene rings is 2. The molecule has 0 bridgehead atoms. The topological polar surface area (TPSA) is 88.4 Å². The average molecular weight is 394 g/mol. The van der Waals surface area contributed by atoms with Crippen molar-refractivity contribution in [3.05, 3.63) is 69.6 Å². The van der Waals surface area contributed by atoms with E-state index in [0.29, 0.717) is 16.4 Å². The number of amides is 1. The summed E-state index contributed by atoms with van der Waals surface area (Å²) in [5, 5.41) is 16.0. The molecule has 1 unspecified atom stereocenters. The number of hydrogen-bond donors (Lipinski definition) is 1. The number of para-hydroxylation sites is 1. The Morgan fingerprint density at radius 3 is 2.96 bits per heavy atom. The van der Waals surface area contributed by atoms with Gasteiger partial charge in [0.25, 0.3) is 5.69 Å².